The number of rotatable bonds is 6. The number of para-hydroxylation sites is 1. The average molecular weight is 356 g/mol. The molecule has 6 heteroatoms. The van der Waals surface area contributed by atoms with Gasteiger partial charge in [-0.2, -0.15) is 0 Å². The summed E-state index contributed by atoms with van der Waals surface area (Å²) in [5.74, 6) is 0.172. The SMILES string of the molecule is CCCOc1ccccc1C(=O)NC(=S)Nc1ccc(C(C)=O)cc1. The molecule has 0 aliphatic heterocycles. The summed E-state index contributed by atoms with van der Waals surface area (Å²) in [6, 6.07) is 13.9. The number of hydrogen-bond donors (Lipinski definition) is 2. The highest BCUT2D eigenvalue weighted by Gasteiger charge is 2.13. The van der Waals surface area contributed by atoms with E-state index in [0.717, 1.165) is 6.42 Å². The summed E-state index contributed by atoms with van der Waals surface area (Å²) >= 11 is 5.18. The van der Waals surface area contributed by atoms with Crippen LogP contribution < -0.4 is 15.4 Å². The lowest BCUT2D eigenvalue weighted by Gasteiger charge is -2.13. The molecule has 5 nitrogen and oxygen atoms in total. The summed E-state index contributed by atoms with van der Waals surface area (Å²) < 4.78 is 5.59. The Balaban J connectivity index is 2.00. The number of benzene rings is 2. The number of nitrogens with one attached hydrogen (secondary N) is 2. The zero-order chi connectivity index (χ0) is 18.2. The molecule has 0 aliphatic rings. The van der Waals surface area contributed by atoms with Crippen molar-refractivity contribution in [1.82, 2.24) is 5.32 Å². The highest BCUT2D eigenvalue weighted by atomic mass is 32.1. The fraction of sp³-hybridized carbons (Fsp3) is 0.211. The molecule has 2 aromatic carbocycles. The van der Waals surface area contributed by atoms with Crippen molar-refractivity contribution in [2.75, 3.05) is 11.9 Å². The summed E-state index contributed by atoms with van der Waals surface area (Å²) in [7, 11) is 0. The molecule has 130 valence electrons. The van der Waals surface area contributed by atoms with Crippen LogP contribution in [0, 0.1) is 0 Å². The van der Waals surface area contributed by atoms with Gasteiger partial charge < -0.3 is 10.1 Å². The van der Waals surface area contributed by atoms with E-state index in [9.17, 15) is 9.59 Å². The predicted octanol–water partition coefficient (Wildman–Crippen LogP) is 3.80. The quantitative estimate of drug-likeness (QED) is 0.609. The van der Waals surface area contributed by atoms with Crippen LogP contribution in [0.4, 0.5) is 5.69 Å². The molecule has 0 bridgehead atoms. The van der Waals surface area contributed by atoms with Crippen LogP contribution in [0.3, 0.4) is 0 Å². The van der Waals surface area contributed by atoms with Gasteiger partial charge in [0.15, 0.2) is 10.9 Å². The van der Waals surface area contributed by atoms with Crippen molar-refractivity contribution in [1.29, 1.82) is 0 Å². The van der Waals surface area contributed by atoms with Gasteiger partial charge in [-0.3, -0.25) is 14.9 Å². The number of anilines is 1. The molecule has 0 saturated heterocycles. The first-order chi connectivity index (χ1) is 12.0. The van der Waals surface area contributed by atoms with Crippen molar-refractivity contribution in [3.05, 3.63) is 59.7 Å². The topological polar surface area (TPSA) is 67.4 Å². The normalized spacial score (nSPS) is 10.0. The molecule has 25 heavy (non-hydrogen) atoms. The van der Waals surface area contributed by atoms with Crippen molar-refractivity contribution in [2.45, 2.75) is 20.3 Å². The van der Waals surface area contributed by atoms with Gasteiger partial charge in [0.1, 0.15) is 5.75 Å². The summed E-state index contributed by atoms with van der Waals surface area (Å²) in [6.45, 7) is 4.04. The zero-order valence-electron chi connectivity index (χ0n) is 14.2. The number of carbonyl (C=O) groups excluding carboxylic acids is 2. The van der Waals surface area contributed by atoms with Crippen LogP contribution in [-0.4, -0.2) is 23.4 Å². The van der Waals surface area contributed by atoms with Crippen LogP contribution in [-0.2, 0) is 0 Å². The molecule has 0 aliphatic carbocycles. The number of hydrogen-bond acceptors (Lipinski definition) is 4. The highest BCUT2D eigenvalue weighted by Crippen LogP contribution is 2.18. The maximum atomic E-state index is 12.4. The maximum absolute atomic E-state index is 12.4. The summed E-state index contributed by atoms with van der Waals surface area (Å²) in [5.41, 5.74) is 1.72. The number of Topliss-reactive ketones (excluding diaryl/α,β-unsaturated/α-hetero) is 1. The van der Waals surface area contributed by atoms with E-state index in [1.165, 1.54) is 6.92 Å². The van der Waals surface area contributed by atoms with Crippen molar-refractivity contribution in [3.8, 4) is 5.75 Å². The van der Waals surface area contributed by atoms with Crippen LogP contribution in [0.15, 0.2) is 48.5 Å². The molecule has 2 aromatic rings. The molecule has 0 fully saturated rings. The van der Waals surface area contributed by atoms with Gasteiger partial charge in [-0.05, 0) is 62.0 Å². The second-order valence-corrected chi connectivity index (χ2v) is 5.79. The molecule has 0 atom stereocenters. The third-order valence-corrected chi connectivity index (χ3v) is 3.57. The third kappa shape index (κ3) is 5.39. The van der Waals surface area contributed by atoms with Crippen LogP contribution in [0.25, 0.3) is 0 Å². The fourth-order valence-corrected chi connectivity index (χ4v) is 2.32. The Morgan fingerprint density at radius 2 is 1.76 bits per heavy atom. The number of ether oxygens (including phenoxy) is 1. The zero-order valence-corrected chi connectivity index (χ0v) is 15.0. The van der Waals surface area contributed by atoms with Gasteiger partial charge in [-0.1, -0.05) is 19.1 Å². The fourth-order valence-electron chi connectivity index (χ4n) is 2.11. The Labute approximate surface area is 152 Å². The largest absolute Gasteiger partial charge is 0.493 e. The van der Waals surface area contributed by atoms with E-state index >= 15 is 0 Å². The molecule has 0 unspecified atom stereocenters. The molecular weight excluding hydrogens is 336 g/mol. The standard InChI is InChI=1S/C19H20N2O3S/c1-3-12-24-17-7-5-4-6-16(17)18(23)21-19(25)20-15-10-8-14(9-11-15)13(2)22/h4-11H,3,12H2,1-2H3,(H2,20,21,23,25). The molecule has 0 saturated carbocycles. The number of carbonyl (C=O) groups is 2. The van der Waals surface area contributed by atoms with Crippen LogP contribution in [0.1, 0.15) is 41.0 Å². The van der Waals surface area contributed by atoms with Crippen molar-refractivity contribution >= 4 is 34.7 Å². The van der Waals surface area contributed by atoms with E-state index in [1.807, 2.05) is 13.0 Å². The first-order valence-corrected chi connectivity index (χ1v) is 8.37. The minimum absolute atomic E-state index is 0.00823. The molecule has 1 amide bonds. The minimum atomic E-state index is -0.343. The molecule has 2 rings (SSSR count). The Morgan fingerprint density at radius 1 is 1.08 bits per heavy atom. The van der Waals surface area contributed by atoms with Crippen molar-refractivity contribution in [2.24, 2.45) is 0 Å². The molecular formula is C19H20N2O3S. The number of thiocarbonyl (C=S) groups is 1. The van der Waals surface area contributed by atoms with E-state index in [0.29, 0.717) is 29.2 Å². The van der Waals surface area contributed by atoms with E-state index in [2.05, 4.69) is 10.6 Å². The Hall–Kier alpha value is -2.73. The van der Waals surface area contributed by atoms with Gasteiger partial charge in [0, 0.05) is 11.3 Å². The maximum Gasteiger partial charge on any atom is 0.261 e. The van der Waals surface area contributed by atoms with Crippen molar-refractivity contribution < 1.29 is 14.3 Å². The van der Waals surface area contributed by atoms with E-state index in [1.54, 1.807) is 42.5 Å². The van der Waals surface area contributed by atoms with E-state index < -0.39 is 0 Å². The average Bonchev–Trinajstić information content (AvgIpc) is 2.60. The highest BCUT2D eigenvalue weighted by molar-refractivity contribution is 7.80. The molecule has 2 N–H and O–H groups in total. The monoisotopic (exact) mass is 356 g/mol. The predicted molar refractivity (Wildman–Crippen MR) is 102 cm³/mol. The number of ketones is 1. The second-order valence-electron chi connectivity index (χ2n) is 5.39. The van der Waals surface area contributed by atoms with Gasteiger partial charge in [0.05, 0.1) is 12.2 Å². The minimum Gasteiger partial charge on any atom is -0.493 e. The van der Waals surface area contributed by atoms with Gasteiger partial charge in [0.25, 0.3) is 5.91 Å². The smallest absolute Gasteiger partial charge is 0.261 e. The Morgan fingerprint density at radius 3 is 2.40 bits per heavy atom. The van der Waals surface area contributed by atoms with Crippen LogP contribution >= 0.6 is 12.2 Å². The number of amides is 1. The van der Waals surface area contributed by atoms with Gasteiger partial charge in [-0.25, -0.2) is 0 Å². The lowest BCUT2D eigenvalue weighted by molar-refractivity contribution is 0.0972. The second kappa shape index (κ2) is 8.94. The van der Waals surface area contributed by atoms with Crippen LogP contribution in [0.2, 0.25) is 0 Å². The molecule has 0 radical (unpaired) electrons. The van der Waals surface area contributed by atoms with Gasteiger partial charge in [0.2, 0.25) is 0 Å². The van der Waals surface area contributed by atoms with Gasteiger partial charge in [-0.15, -0.1) is 0 Å². The molecule has 0 aromatic heterocycles. The molecule has 0 spiro atoms. The Kier molecular flexibility index (Phi) is 6.65. The van der Waals surface area contributed by atoms with Gasteiger partial charge >= 0.3 is 0 Å². The summed E-state index contributed by atoms with van der Waals surface area (Å²) in [6.07, 6.45) is 0.853. The lowest BCUT2D eigenvalue weighted by atomic mass is 10.1. The van der Waals surface area contributed by atoms with Crippen molar-refractivity contribution in [3.63, 3.8) is 0 Å². The summed E-state index contributed by atoms with van der Waals surface area (Å²) in [5, 5.41) is 5.72. The first-order valence-electron chi connectivity index (χ1n) is 7.96. The molecule has 0 heterocycles. The first kappa shape index (κ1) is 18.6. The summed E-state index contributed by atoms with van der Waals surface area (Å²) in [4.78, 5) is 23.7. The lowest BCUT2D eigenvalue weighted by Crippen LogP contribution is -2.34. The van der Waals surface area contributed by atoms with Crippen LogP contribution in [0.5, 0.6) is 5.75 Å². The third-order valence-electron chi connectivity index (χ3n) is 3.37. The van der Waals surface area contributed by atoms with E-state index in [-0.39, 0.29) is 16.8 Å². The Bertz CT molecular complexity index is 772. The van der Waals surface area contributed by atoms with E-state index in [4.69, 9.17) is 17.0 Å².